The predicted molar refractivity (Wildman–Crippen MR) is 106 cm³/mol. The molecular formula is C21H28ClN3O. The standard InChI is InChI=1S/C21H28ClN3O/c1-4-19-20(21(26)24-11-6-5-7-12-24)18(13-15(2)3)23-25(19)17-10-8-9-16(22)14-17/h8-10,14-15H,4-7,11-13H2,1-3H3. The maximum Gasteiger partial charge on any atom is 0.257 e. The van der Waals surface area contributed by atoms with Crippen LogP contribution in [0.15, 0.2) is 24.3 Å². The quantitative estimate of drug-likeness (QED) is 0.746. The summed E-state index contributed by atoms with van der Waals surface area (Å²) < 4.78 is 1.92. The first kappa shape index (κ1) is 19.0. The Labute approximate surface area is 161 Å². The number of amides is 1. The molecule has 4 nitrogen and oxygen atoms in total. The molecule has 26 heavy (non-hydrogen) atoms. The summed E-state index contributed by atoms with van der Waals surface area (Å²) in [5, 5.41) is 5.53. The number of piperidine rings is 1. The Hall–Kier alpha value is -1.81. The van der Waals surface area contributed by atoms with E-state index in [0.717, 1.165) is 61.4 Å². The largest absolute Gasteiger partial charge is 0.339 e. The van der Waals surface area contributed by atoms with E-state index >= 15 is 0 Å². The highest BCUT2D eigenvalue weighted by Crippen LogP contribution is 2.26. The molecule has 1 saturated heterocycles. The molecule has 1 aliphatic heterocycles. The molecule has 0 N–H and O–H groups in total. The maximum absolute atomic E-state index is 13.3. The number of hydrogen-bond donors (Lipinski definition) is 0. The van der Waals surface area contributed by atoms with Crippen molar-refractivity contribution >= 4 is 17.5 Å². The minimum atomic E-state index is 0.144. The van der Waals surface area contributed by atoms with E-state index < -0.39 is 0 Å². The van der Waals surface area contributed by atoms with Crippen molar-refractivity contribution in [3.63, 3.8) is 0 Å². The van der Waals surface area contributed by atoms with Crippen LogP contribution < -0.4 is 0 Å². The van der Waals surface area contributed by atoms with Crippen LogP contribution in [0.25, 0.3) is 5.69 Å². The summed E-state index contributed by atoms with van der Waals surface area (Å²) in [5.74, 6) is 0.584. The highest BCUT2D eigenvalue weighted by Gasteiger charge is 2.28. The van der Waals surface area contributed by atoms with Crippen molar-refractivity contribution in [1.82, 2.24) is 14.7 Å². The van der Waals surface area contributed by atoms with E-state index in [2.05, 4.69) is 20.8 Å². The van der Waals surface area contributed by atoms with Gasteiger partial charge in [0.1, 0.15) is 0 Å². The average molecular weight is 374 g/mol. The molecule has 1 amide bonds. The molecule has 2 aromatic rings. The van der Waals surface area contributed by atoms with Gasteiger partial charge in [0, 0.05) is 18.1 Å². The second-order valence-corrected chi connectivity index (χ2v) is 7.90. The van der Waals surface area contributed by atoms with Gasteiger partial charge in [-0.1, -0.05) is 38.4 Å². The lowest BCUT2D eigenvalue weighted by Gasteiger charge is -2.27. The fraction of sp³-hybridized carbons (Fsp3) is 0.524. The molecule has 3 rings (SSSR count). The third kappa shape index (κ3) is 3.96. The molecule has 2 heterocycles. The van der Waals surface area contributed by atoms with Crippen molar-refractivity contribution in [2.75, 3.05) is 13.1 Å². The van der Waals surface area contributed by atoms with Crippen LogP contribution in [0.1, 0.15) is 61.8 Å². The Morgan fingerprint density at radius 2 is 1.96 bits per heavy atom. The number of likely N-dealkylation sites (tertiary alicyclic amines) is 1. The minimum Gasteiger partial charge on any atom is -0.339 e. The number of benzene rings is 1. The van der Waals surface area contributed by atoms with Gasteiger partial charge in [-0.2, -0.15) is 5.10 Å². The number of aromatic nitrogens is 2. The molecule has 0 atom stereocenters. The summed E-state index contributed by atoms with van der Waals surface area (Å²) in [5.41, 5.74) is 3.62. The molecule has 140 valence electrons. The lowest BCUT2D eigenvalue weighted by molar-refractivity contribution is 0.0722. The second-order valence-electron chi connectivity index (χ2n) is 7.46. The van der Waals surface area contributed by atoms with Gasteiger partial charge in [-0.25, -0.2) is 4.68 Å². The van der Waals surface area contributed by atoms with Crippen LogP contribution >= 0.6 is 11.6 Å². The number of carbonyl (C=O) groups is 1. The van der Waals surface area contributed by atoms with E-state index in [1.54, 1.807) is 0 Å². The third-order valence-electron chi connectivity index (χ3n) is 4.90. The van der Waals surface area contributed by atoms with Gasteiger partial charge < -0.3 is 4.90 Å². The summed E-state index contributed by atoms with van der Waals surface area (Å²) in [6.45, 7) is 8.12. The lowest BCUT2D eigenvalue weighted by Crippen LogP contribution is -2.36. The number of hydrogen-bond acceptors (Lipinski definition) is 2. The van der Waals surface area contributed by atoms with Crippen molar-refractivity contribution in [1.29, 1.82) is 0 Å². The molecule has 0 radical (unpaired) electrons. The molecule has 0 aliphatic carbocycles. The molecule has 0 spiro atoms. The molecule has 0 unspecified atom stereocenters. The van der Waals surface area contributed by atoms with Crippen LogP contribution in [0.2, 0.25) is 5.02 Å². The zero-order chi connectivity index (χ0) is 18.7. The van der Waals surface area contributed by atoms with E-state index in [1.165, 1.54) is 6.42 Å². The molecule has 1 aliphatic rings. The van der Waals surface area contributed by atoms with Crippen LogP contribution in [0.4, 0.5) is 0 Å². The van der Waals surface area contributed by atoms with Crippen molar-refractivity contribution in [2.45, 2.75) is 52.9 Å². The first-order chi connectivity index (χ1) is 12.5. The normalized spacial score (nSPS) is 14.9. The SMILES string of the molecule is CCc1c(C(=O)N2CCCCC2)c(CC(C)C)nn1-c1cccc(Cl)c1. The summed E-state index contributed by atoms with van der Waals surface area (Å²) >= 11 is 6.19. The molecule has 1 fully saturated rings. The molecule has 1 aromatic heterocycles. The fourth-order valence-corrected chi connectivity index (χ4v) is 3.87. The predicted octanol–water partition coefficient (Wildman–Crippen LogP) is 4.91. The lowest BCUT2D eigenvalue weighted by atomic mass is 10.0. The molecule has 5 heteroatoms. The Morgan fingerprint density at radius 1 is 1.23 bits per heavy atom. The van der Waals surface area contributed by atoms with Crippen molar-refractivity contribution in [3.05, 3.63) is 46.2 Å². The molecule has 0 saturated carbocycles. The van der Waals surface area contributed by atoms with E-state index in [4.69, 9.17) is 16.7 Å². The average Bonchev–Trinajstić information content (AvgIpc) is 2.99. The van der Waals surface area contributed by atoms with Crippen molar-refractivity contribution in [2.24, 2.45) is 5.92 Å². The smallest absolute Gasteiger partial charge is 0.257 e. The topological polar surface area (TPSA) is 38.1 Å². The zero-order valence-electron chi connectivity index (χ0n) is 16.0. The molecule has 1 aromatic carbocycles. The Bertz CT molecular complexity index is 776. The van der Waals surface area contributed by atoms with Crippen molar-refractivity contribution < 1.29 is 4.79 Å². The van der Waals surface area contributed by atoms with E-state index in [1.807, 2.05) is 33.8 Å². The Morgan fingerprint density at radius 3 is 2.58 bits per heavy atom. The van der Waals surface area contributed by atoms with Crippen LogP contribution in [0.5, 0.6) is 0 Å². The number of carbonyl (C=O) groups excluding carboxylic acids is 1. The third-order valence-corrected chi connectivity index (χ3v) is 5.14. The van der Waals surface area contributed by atoms with Crippen LogP contribution in [0, 0.1) is 5.92 Å². The summed E-state index contributed by atoms with van der Waals surface area (Å²) in [7, 11) is 0. The van der Waals surface area contributed by atoms with Gasteiger partial charge in [0.05, 0.1) is 22.6 Å². The number of nitrogens with zero attached hydrogens (tertiary/aromatic N) is 3. The van der Waals surface area contributed by atoms with Gasteiger partial charge in [0.25, 0.3) is 5.91 Å². The molecular weight excluding hydrogens is 346 g/mol. The first-order valence-corrected chi connectivity index (χ1v) is 10.0. The van der Waals surface area contributed by atoms with Crippen LogP contribution in [0.3, 0.4) is 0 Å². The number of halogens is 1. The minimum absolute atomic E-state index is 0.144. The van der Waals surface area contributed by atoms with Crippen LogP contribution in [-0.2, 0) is 12.8 Å². The van der Waals surface area contributed by atoms with E-state index in [-0.39, 0.29) is 5.91 Å². The summed E-state index contributed by atoms with van der Waals surface area (Å²) in [4.78, 5) is 15.3. The summed E-state index contributed by atoms with van der Waals surface area (Å²) in [6, 6.07) is 7.68. The van der Waals surface area contributed by atoms with Gasteiger partial charge >= 0.3 is 0 Å². The van der Waals surface area contributed by atoms with Gasteiger partial charge in [-0.15, -0.1) is 0 Å². The Balaban J connectivity index is 2.09. The maximum atomic E-state index is 13.3. The first-order valence-electron chi connectivity index (χ1n) is 9.67. The van der Waals surface area contributed by atoms with Crippen LogP contribution in [-0.4, -0.2) is 33.7 Å². The monoisotopic (exact) mass is 373 g/mol. The number of rotatable bonds is 5. The van der Waals surface area contributed by atoms with E-state index in [9.17, 15) is 4.79 Å². The highest BCUT2D eigenvalue weighted by molar-refractivity contribution is 6.30. The van der Waals surface area contributed by atoms with Gasteiger partial charge in [-0.3, -0.25) is 4.79 Å². The van der Waals surface area contributed by atoms with Crippen molar-refractivity contribution in [3.8, 4) is 5.69 Å². The highest BCUT2D eigenvalue weighted by atomic mass is 35.5. The van der Waals surface area contributed by atoms with Gasteiger partial charge in [0.2, 0.25) is 0 Å². The fourth-order valence-electron chi connectivity index (χ4n) is 3.68. The van der Waals surface area contributed by atoms with E-state index in [0.29, 0.717) is 10.9 Å². The summed E-state index contributed by atoms with van der Waals surface area (Å²) in [6.07, 6.45) is 4.96. The molecule has 0 bridgehead atoms. The van der Waals surface area contributed by atoms with Gasteiger partial charge in [0.15, 0.2) is 0 Å². The van der Waals surface area contributed by atoms with Gasteiger partial charge in [-0.05, 0) is 56.2 Å². The Kier molecular flexibility index (Phi) is 6.02. The zero-order valence-corrected chi connectivity index (χ0v) is 16.7. The second kappa shape index (κ2) is 8.26.